The minimum atomic E-state index is 0.131. The van der Waals surface area contributed by atoms with Gasteiger partial charge in [0.15, 0.2) is 0 Å². The van der Waals surface area contributed by atoms with E-state index < -0.39 is 0 Å². The summed E-state index contributed by atoms with van der Waals surface area (Å²) >= 11 is 0. The van der Waals surface area contributed by atoms with Crippen LogP contribution in [0, 0.1) is 12.8 Å². The van der Waals surface area contributed by atoms with Gasteiger partial charge in [-0.25, -0.2) is 0 Å². The lowest BCUT2D eigenvalue weighted by molar-refractivity contribution is 0.424. The molecule has 20 heavy (non-hydrogen) atoms. The van der Waals surface area contributed by atoms with Gasteiger partial charge in [0.05, 0.1) is 0 Å². The van der Waals surface area contributed by atoms with Crippen molar-refractivity contribution in [2.24, 2.45) is 5.92 Å². The molecule has 2 atom stereocenters. The van der Waals surface area contributed by atoms with E-state index in [1.54, 1.807) is 0 Å². The molecule has 0 bridgehead atoms. The van der Waals surface area contributed by atoms with Gasteiger partial charge in [-0.3, -0.25) is 4.98 Å². The van der Waals surface area contributed by atoms with Crippen LogP contribution in [0.1, 0.15) is 52.3 Å². The Bertz CT molecular complexity index is 462. The van der Waals surface area contributed by atoms with Gasteiger partial charge in [-0.1, -0.05) is 6.92 Å². The average molecular weight is 275 g/mol. The van der Waals surface area contributed by atoms with Gasteiger partial charge >= 0.3 is 0 Å². The molecule has 2 heterocycles. The number of hydrogen-bond donors (Lipinski definition) is 1. The fourth-order valence-electron chi connectivity index (χ4n) is 2.97. The Balaban J connectivity index is 2.24. The molecule has 0 saturated carbocycles. The van der Waals surface area contributed by atoms with Crippen LogP contribution in [-0.4, -0.2) is 23.1 Å². The molecule has 1 fully saturated rings. The van der Waals surface area contributed by atoms with Crippen molar-refractivity contribution in [3.63, 3.8) is 0 Å². The summed E-state index contributed by atoms with van der Waals surface area (Å²) in [5.41, 5.74) is 3.91. The van der Waals surface area contributed by atoms with E-state index in [9.17, 15) is 0 Å². The van der Waals surface area contributed by atoms with Crippen LogP contribution in [0.3, 0.4) is 0 Å². The molecule has 112 valence electrons. The summed E-state index contributed by atoms with van der Waals surface area (Å²) in [6.07, 6.45) is 3.33. The highest BCUT2D eigenvalue weighted by molar-refractivity contribution is 5.55. The van der Waals surface area contributed by atoms with E-state index in [-0.39, 0.29) is 5.54 Å². The average Bonchev–Trinajstić information content (AvgIpc) is 2.65. The first-order valence-corrected chi connectivity index (χ1v) is 7.73. The Kier molecular flexibility index (Phi) is 4.38. The second kappa shape index (κ2) is 5.72. The Morgan fingerprint density at radius 3 is 2.60 bits per heavy atom. The molecule has 1 aliphatic heterocycles. The molecule has 1 aromatic rings. The summed E-state index contributed by atoms with van der Waals surface area (Å²) < 4.78 is 0. The minimum absolute atomic E-state index is 0.131. The predicted octanol–water partition coefficient (Wildman–Crippen LogP) is 3.51. The maximum Gasteiger partial charge on any atom is 0.0448 e. The summed E-state index contributed by atoms with van der Waals surface area (Å²) in [7, 11) is 0. The lowest BCUT2D eigenvalue weighted by Crippen LogP contribution is -2.36. The van der Waals surface area contributed by atoms with Crippen molar-refractivity contribution in [2.45, 2.75) is 66.1 Å². The first-order valence-electron chi connectivity index (χ1n) is 7.73. The monoisotopic (exact) mass is 275 g/mol. The first-order chi connectivity index (χ1) is 9.26. The zero-order valence-corrected chi connectivity index (χ0v) is 13.8. The molecule has 0 aromatic carbocycles. The number of hydrogen-bond acceptors (Lipinski definition) is 3. The van der Waals surface area contributed by atoms with Crippen molar-refractivity contribution < 1.29 is 0 Å². The van der Waals surface area contributed by atoms with Crippen LogP contribution in [0.4, 0.5) is 5.69 Å². The molecule has 1 saturated heterocycles. The Labute approximate surface area is 123 Å². The van der Waals surface area contributed by atoms with Gasteiger partial charge in [0.1, 0.15) is 0 Å². The lowest BCUT2D eigenvalue weighted by Gasteiger charge is -2.28. The first kappa shape index (κ1) is 15.3. The molecule has 0 radical (unpaired) electrons. The van der Waals surface area contributed by atoms with Crippen molar-refractivity contribution in [3.8, 4) is 0 Å². The fraction of sp³-hybridized carbons (Fsp3) is 0.706. The van der Waals surface area contributed by atoms with Crippen LogP contribution in [0.25, 0.3) is 0 Å². The number of rotatable bonds is 3. The third kappa shape index (κ3) is 3.72. The third-order valence-electron chi connectivity index (χ3n) is 4.00. The second-order valence-corrected chi connectivity index (χ2v) is 7.40. The minimum Gasteiger partial charge on any atom is -0.368 e. The second-order valence-electron chi connectivity index (χ2n) is 7.40. The molecule has 0 amide bonds. The van der Waals surface area contributed by atoms with Crippen LogP contribution < -0.4 is 10.2 Å². The zero-order chi connectivity index (χ0) is 14.9. The Morgan fingerprint density at radius 2 is 2.05 bits per heavy atom. The number of anilines is 1. The highest BCUT2D eigenvalue weighted by Gasteiger charge is 2.28. The largest absolute Gasteiger partial charge is 0.368 e. The molecule has 1 aliphatic rings. The Hall–Kier alpha value is -1.09. The van der Waals surface area contributed by atoms with Gasteiger partial charge in [-0.15, -0.1) is 0 Å². The van der Waals surface area contributed by atoms with Gasteiger partial charge in [-0.05, 0) is 53.0 Å². The van der Waals surface area contributed by atoms with Crippen LogP contribution >= 0.6 is 0 Å². The Morgan fingerprint density at radius 1 is 1.35 bits per heavy atom. The summed E-state index contributed by atoms with van der Waals surface area (Å²) in [5.74, 6) is 0.780. The van der Waals surface area contributed by atoms with Crippen molar-refractivity contribution in [1.29, 1.82) is 0 Å². The highest BCUT2D eigenvalue weighted by Crippen LogP contribution is 2.31. The van der Waals surface area contributed by atoms with Crippen molar-refractivity contribution in [2.75, 3.05) is 11.4 Å². The lowest BCUT2D eigenvalue weighted by atomic mass is 10.1. The van der Waals surface area contributed by atoms with Gasteiger partial charge in [-0.2, -0.15) is 0 Å². The SMILES string of the molecule is Cc1cc(N2CC(C)CC2C)c(CNC(C)(C)C)cn1. The maximum absolute atomic E-state index is 4.49. The van der Waals surface area contributed by atoms with Gasteiger partial charge in [0.25, 0.3) is 0 Å². The molecular formula is C17H29N3. The molecule has 0 aliphatic carbocycles. The van der Waals surface area contributed by atoms with E-state index in [0.717, 1.165) is 24.7 Å². The zero-order valence-electron chi connectivity index (χ0n) is 13.8. The fourth-order valence-corrected chi connectivity index (χ4v) is 2.97. The van der Waals surface area contributed by atoms with E-state index in [2.05, 4.69) is 62.8 Å². The highest BCUT2D eigenvalue weighted by atomic mass is 15.2. The van der Waals surface area contributed by atoms with E-state index in [1.807, 2.05) is 6.20 Å². The van der Waals surface area contributed by atoms with Gasteiger partial charge in [0, 0.05) is 47.8 Å². The molecule has 2 unspecified atom stereocenters. The number of aromatic nitrogens is 1. The third-order valence-corrected chi connectivity index (χ3v) is 4.00. The van der Waals surface area contributed by atoms with E-state index in [4.69, 9.17) is 0 Å². The summed E-state index contributed by atoms with van der Waals surface area (Å²) in [5, 5.41) is 3.58. The summed E-state index contributed by atoms with van der Waals surface area (Å²) in [4.78, 5) is 7.04. The number of pyridine rings is 1. The summed E-state index contributed by atoms with van der Waals surface area (Å²) in [6.45, 7) is 15.4. The molecular weight excluding hydrogens is 246 g/mol. The standard InChI is InChI=1S/C17H29N3/c1-12-7-14(3)20(11-12)16-8-13(2)18-9-15(16)10-19-17(4,5)6/h8-9,12,14,19H,7,10-11H2,1-6H3. The normalized spacial score (nSPS) is 23.4. The van der Waals surface area contributed by atoms with Crippen molar-refractivity contribution in [3.05, 3.63) is 23.5 Å². The molecule has 1 aromatic heterocycles. The van der Waals surface area contributed by atoms with Gasteiger partial charge < -0.3 is 10.2 Å². The topological polar surface area (TPSA) is 28.2 Å². The molecule has 0 spiro atoms. The molecule has 3 heteroatoms. The van der Waals surface area contributed by atoms with E-state index in [1.165, 1.54) is 17.7 Å². The molecule has 2 rings (SSSR count). The van der Waals surface area contributed by atoms with Crippen molar-refractivity contribution >= 4 is 5.69 Å². The predicted molar refractivity (Wildman–Crippen MR) is 86.2 cm³/mol. The number of nitrogens with zero attached hydrogens (tertiary/aromatic N) is 2. The summed E-state index contributed by atoms with van der Waals surface area (Å²) in [6, 6.07) is 2.87. The van der Waals surface area contributed by atoms with Crippen LogP contribution in [-0.2, 0) is 6.54 Å². The number of nitrogens with one attached hydrogen (secondary N) is 1. The maximum atomic E-state index is 4.49. The van der Waals surface area contributed by atoms with E-state index >= 15 is 0 Å². The quantitative estimate of drug-likeness (QED) is 0.915. The number of aryl methyl sites for hydroxylation is 1. The van der Waals surface area contributed by atoms with Gasteiger partial charge in [0.2, 0.25) is 0 Å². The van der Waals surface area contributed by atoms with Crippen LogP contribution in [0.15, 0.2) is 12.3 Å². The molecule has 3 nitrogen and oxygen atoms in total. The van der Waals surface area contributed by atoms with E-state index in [0.29, 0.717) is 6.04 Å². The van der Waals surface area contributed by atoms with Crippen molar-refractivity contribution in [1.82, 2.24) is 10.3 Å². The van der Waals surface area contributed by atoms with Crippen LogP contribution in [0.2, 0.25) is 0 Å². The van der Waals surface area contributed by atoms with Crippen LogP contribution in [0.5, 0.6) is 0 Å². The smallest absolute Gasteiger partial charge is 0.0448 e. The molecule has 1 N–H and O–H groups in total.